The molecule has 0 spiro atoms. The molecule has 1 heterocycles. The molecule has 0 bridgehead atoms. The van der Waals surface area contributed by atoms with Crippen molar-refractivity contribution in [1.82, 2.24) is 14.9 Å². The van der Waals surface area contributed by atoms with Crippen LogP contribution in [0.25, 0.3) is 0 Å². The van der Waals surface area contributed by atoms with Gasteiger partial charge in [0.2, 0.25) is 10.6 Å². The Morgan fingerprint density at radius 3 is 2.67 bits per heavy atom. The van der Waals surface area contributed by atoms with Gasteiger partial charge in [0.15, 0.2) is 0 Å². The van der Waals surface area contributed by atoms with E-state index in [4.69, 9.17) is 12.2 Å². The molecule has 1 aromatic heterocycles. The second-order valence-electron chi connectivity index (χ2n) is 3.65. The standard InChI is InChI=1S/C11H10F2N4S/c1-7-2-4-8(5-3-7)6-14-17-10(9(12)13)15-16-11(17)18/h2-6,9H,1H3,(H,16,18)/b14-6-. The van der Waals surface area contributed by atoms with Crippen LogP contribution in [-0.2, 0) is 0 Å². The highest BCUT2D eigenvalue weighted by atomic mass is 32.1. The number of aryl methyl sites for hydroxylation is 1. The average molecular weight is 268 g/mol. The van der Waals surface area contributed by atoms with E-state index in [2.05, 4.69) is 15.3 Å². The second-order valence-corrected chi connectivity index (χ2v) is 4.04. The molecule has 0 aliphatic rings. The van der Waals surface area contributed by atoms with Crippen LogP contribution in [0.3, 0.4) is 0 Å². The minimum absolute atomic E-state index is 0.0358. The van der Waals surface area contributed by atoms with E-state index in [-0.39, 0.29) is 4.77 Å². The van der Waals surface area contributed by atoms with E-state index >= 15 is 0 Å². The summed E-state index contributed by atoms with van der Waals surface area (Å²) >= 11 is 4.83. The van der Waals surface area contributed by atoms with Crippen molar-refractivity contribution >= 4 is 18.4 Å². The SMILES string of the molecule is Cc1ccc(/C=N\n2c(C(F)F)n[nH]c2=S)cc1. The monoisotopic (exact) mass is 268 g/mol. The summed E-state index contributed by atoms with van der Waals surface area (Å²) < 4.78 is 26.1. The largest absolute Gasteiger partial charge is 0.299 e. The van der Waals surface area contributed by atoms with Crippen LogP contribution in [0.4, 0.5) is 8.78 Å². The fourth-order valence-corrected chi connectivity index (χ4v) is 1.52. The van der Waals surface area contributed by atoms with Crippen LogP contribution in [0.15, 0.2) is 29.4 Å². The molecule has 0 saturated carbocycles. The second kappa shape index (κ2) is 5.18. The van der Waals surface area contributed by atoms with Crippen LogP contribution in [0, 0.1) is 11.7 Å². The van der Waals surface area contributed by atoms with Crippen LogP contribution in [0.5, 0.6) is 0 Å². The molecule has 0 unspecified atom stereocenters. The van der Waals surface area contributed by atoms with Crippen LogP contribution in [0.1, 0.15) is 23.4 Å². The molecule has 0 atom stereocenters. The molecule has 2 rings (SSSR count). The minimum atomic E-state index is -2.73. The van der Waals surface area contributed by atoms with Gasteiger partial charge in [-0.05, 0) is 24.7 Å². The highest BCUT2D eigenvalue weighted by molar-refractivity contribution is 7.71. The lowest BCUT2D eigenvalue weighted by Gasteiger charge is -1.98. The van der Waals surface area contributed by atoms with E-state index in [1.54, 1.807) is 0 Å². The molecule has 0 aliphatic heterocycles. The topological polar surface area (TPSA) is 46.0 Å². The normalized spacial score (nSPS) is 11.6. The van der Waals surface area contributed by atoms with Crippen molar-refractivity contribution in [2.75, 3.05) is 0 Å². The number of nitrogens with zero attached hydrogens (tertiary/aromatic N) is 3. The lowest BCUT2D eigenvalue weighted by molar-refractivity contribution is 0.136. The molecule has 0 saturated heterocycles. The first-order valence-corrected chi connectivity index (χ1v) is 5.55. The van der Waals surface area contributed by atoms with Gasteiger partial charge in [0, 0.05) is 0 Å². The van der Waals surface area contributed by atoms with Crippen molar-refractivity contribution in [3.63, 3.8) is 0 Å². The zero-order valence-corrected chi connectivity index (χ0v) is 10.3. The molecular formula is C11H10F2N4S. The molecule has 0 amide bonds. The van der Waals surface area contributed by atoms with Crippen molar-refractivity contribution in [3.8, 4) is 0 Å². The Morgan fingerprint density at radius 1 is 1.39 bits per heavy atom. The summed E-state index contributed by atoms with van der Waals surface area (Å²) in [6.07, 6.45) is -1.27. The fraction of sp³-hybridized carbons (Fsp3) is 0.182. The Balaban J connectivity index is 2.31. The minimum Gasteiger partial charge on any atom is -0.250 e. The summed E-state index contributed by atoms with van der Waals surface area (Å²) in [7, 11) is 0. The molecule has 94 valence electrons. The summed E-state index contributed by atoms with van der Waals surface area (Å²) in [5.41, 5.74) is 1.91. The van der Waals surface area contributed by atoms with Crippen molar-refractivity contribution in [1.29, 1.82) is 0 Å². The summed E-state index contributed by atoms with van der Waals surface area (Å²) in [5, 5.41) is 9.61. The number of rotatable bonds is 3. The van der Waals surface area contributed by atoms with Crippen LogP contribution >= 0.6 is 12.2 Å². The first-order chi connectivity index (χ1) is 8.58. The van der Waals surface area contributed by atoms with Gasteiger partial charge in [0.05, 0.1) is 6.21 Å². The molecule has 2 aromatic rings. The third-order valence-electron chi connectivity index (χ3n) is 2.27. The van der Waals surface area contributed by atoms with E-state index in [0.717, 1.165) is 15.8 Å². The van der Waals surface area contributed by atoms with Crippen molar-refractivity contribution in [3.05, 3.63) is 46.0 Å². The molecule has 18 heavy (non-hydrogen) atoms. The Hall–Kier alpha value is -1.89. The molecule has 0 aliphatic carbocycles. The number of nitrogens with one attached hydrogen (secondary N) is 1. The van der Waals surface area contributed by atoms with Crippen LogP contribution in [0.2, 0.25) is 0 Å². The number of aromatic amines is 1. The third-order valence-corrected chi connectivity index (χ3v) is 2.53. The lowest BCUT2D eigenvalue weighted by Crippen LogP contribution is -1.99. The quantitative estimate of drug-likeness (QED) is 0.687. The van der Waals surface area contributed by atoms with Gasteiger partial charge in [-0.3, -0.25) is 0 Å². The number of alkyl halides is 2. The molecule has 7 heteroatoms. The van der Waals surface area contributed by atoms with Crippen LogP contribution in [-0.4, -0.2) is 21.1 Å². The van der Waals surface area contributed by atoms with E-state index < -0.39 is 12.2 Å². The summed E-state index contributed by atoms with van der Waals surface area (Å²) in [4.78, 5) is 0. The van der Waals surface area contributed by atoms with E-state index in [1.165, 1.54) is 6.21 Å². The van der Waals surface area contributed by atoms with E-state index in [0.29, 0.717) is 0 Å². The predicted molar refractivity (Wildman–Crippen MR) is 66.5 cm³/mol. The number of halogens is 2. The fourth-order valence-electron chi connectivity index (χ4n) is 1.33. The molecular weight excluding hydrogens is 258 g/mol. The zero-order chi connectivity index (χ0) is 13.1. The van der Waals surface area contributed by atoms with Gasteiger partial charge in [-0.1, -0.05) is 29.8 Å². The van der Waals surface area contributed by atoms with Crippen molar-refractivity contribution in [2.24, 2.45) is 5.10 Å². The Kier molecular flexibility index (Phi) is 3.61. The Morgan fingerprint density at radius 2 is 2.06 bits per heavy atom. The van der Waals surface area contributed by atoms with Crippen molar-refractivity contribution < 1.29 is 8.78 Å². The van der Waals surface area contributed by atoms with Gasteiger partial charge in [-0.15, -0.1) is 0 Å². The molecule has 4 nitrogen and oxygen atoms in total. The number of benzene rings is 1. The summed E-state index contributed by atoms with van der Waals surface area (Å²) in [5.74, 6) is -0.497. The van der Waals surface area contributed by atoms with Crippen molar-refractivity contribution in [2.45, 2.75) is 13.3 Å². The van der Waals surface area contributed by atoms with Gasteiger partial charge in [-0.25, -0.2) is 13.9 Å². The number of hydrogen-bond acceptors (Lipinski definition) is 3. The first-order valence-electron chi connectivity index (χ1n) is 5.14. The maximum absolute atomic E-state index is 12.6. The first kappa shape index (κ1) is 12.6. The van der Waals surface area contributed by atoms with E-state index in [1.807, 2.05) is 31.2 Å². The zero-order valence-electron chi connectivity index (χ0n) is 9.47. The van der Waals surface area contributed by atoms with Gasteiger partial charge >= 0.3 is 0 Å². The maximum atomic E-state index is 12.6. The molecule has 1 aromatic carbocycles. The smallest absolute Gasteiger partial charge is 0.250 e. The Labute approximate surface area is 107 Å². The average Bonchev–Trinajstić information content (AvgIpc) is 2.70. The lowest BCUT2D eigenvalue weighted by atomic mass is 10.2. The molecule has 0 fully saturated rings. The molecule has 0 radical (unpaired) electrons. The van der Waals surface area contributed by atoms with Gasteiger partial charge in [0.25, 0.3) is 6.43 Å². The maximum Gasteiger partial charge on any atom is 0.299 e. The van der Waals surface area contributed by atoms with Gasteiger partial charge < -0.3 is 0 Å². The van der Waals surface area contributed by atoms with Crippen LogP contribution < -0.4 is 0 Å². The number of hydrogen-bond donors (Lipinski definition) is 1. The van der Waals surface area contributed by atoms with Gasteiger partial charge in [-0.2, -0.15) is 14.9 Å². The number of aromatic nitrogens is 3. The summed E-state index contributed by atoms with van der Waals surface area (Å²) in [6.45, 7) is 1.96. The molecule has 1 N–H and O–H groups in total. The highest BCUT2D eigenvalue weighted by Gasteiger charge is 2.15. The predicted octanol–water partition coefficient (Wildman–Crippen LogP) is 3.07. The third kappa shape index (κ3) is 2.67. The Bertz CT molecular complexity index is 613. The number of H-pyrrole nitrogens is 1. The highest BCUT2D eigenvalue weighted by Crippen LogP contribution is 2.15. The van der Waals surface area contributed by atoms with Gasteiger partial charge in [0.1, 0.15) is 0 Å². The van der Waals surface area contributed by atoms with E-state index in [9.17, 15) is 8.78 Å². The summed E-state index contributed by atoms with van der Waals surface area (Å²) in [6, 6.07) is 7.49.